The molecule has 3 fully saturated rings. The van der Waals surface area contributed by atoms with Gasteiger partial charge in [0, 0.05) is 83.4 Å². The van der Waals surface area contributed by atoms with Crippen LogP contribution in [0.25, 0.3) is 11.1 Å². The minimum atomic E-state index is -2.76. The first-order valence-corrected chi connectivity index (χ1v) is 45.3. The molecule has 36 heteroatoms. The molecular weight excluding hydrogens is 1660 g/mol. The van der Waals surface area contributed by atoms with E-state index < -0.39 is 83.4 Å². The number of esters is 1. The molecule has 128 heavy (non-hydrogen) atoms. The van der Waals surface area contributed by atoms with E-state index in [-0.39, 0.29) is 112 Å². The molecule has 0 spiro atoms. The quantitative estimate of drug-likeness (QED) is 0.0106. The van der Waals surface area contributed by atoms with Crippen LogP contribution in [0.15, 0.2) is 87.7 Å². The third kappa shape index (κ3) is 32.1. The highest BCUT2D eigenvalue weighted by Crippen LogP contribution is 2.43. The van der Waals surface area contributed by atoms with Crippen molar-refractivity contribution in [3.63, 3.8) is 0 Å². The zero-order valence-corrected chi connectivity index (χ0v) is 76.4. The summed E-state index contributed by atoms with van der Waals surface area (Å²) in [5.41, 5.74) is 18.0. The highest BCUT2D eigenvalue weighted by atomic mass is 16.7. The fourth-order valence-electron chi connectivity index (χ4n) is 16.7. The van der Waals surface area contributed by atoms with E-state index in [4.69, 9.17) is 91.9 Å². The van der Waals surface area contributed by atoms with Crippen molar-refractivity contribution in [1.29, 1.82) is 0 Å². The van der Waals surface area contributed by atoms with Crippen LogP contribution in [-0.4, -0.2) is 299 Å². The number of ether oxygens (including phenoxy) is 15. The van der Waals surface area contributed by atoms with Gasteiger partial charge in [-0.05, 0) is 138 Å². The fraction of sp³-hybridized carbons (Fsp3) is 0.696. The number of unbranched alkanes of at least 4 members (excludes halogenated alkanes) is 1. The normalized spacial score (nSPS) is 27.3. The number of piperidine rings is 1. The van der Waals surface area contributed by atoms with Crippen LogP contribution in [-0.2, 0) is 113 Å². The lowest BCUT2D eigenvalue weighted by atomic mass is 9.78. The lowest BCUT2D eigenvalue weighted by Gasteiger charge is -2.46. The van der Waals surface area contributed by atoms with E-state index in [0.29, 0.717) is 203 Å². The van der Waals surface area contributed by atoms with E-state index in [1.165, 1.54) is 20.5 Å². The molecule has 5 aliphatic rings. The number of amides is 2. The number of benzene rings is 1. The first-order chi connectivity index (χ1) is 61.7. The summed E-state index contributed by atoms with van der Waals surface area (Å²) in [6, 6.07) is 4.21. The Morgan fingerprint density at radius 1 is 0.734 bits per heavy atom. The third-order valence-electron chi connectivity index (χ3n) is 24.1. The van der Waals surface area contributed by atoms with Gasteiger partial charge in [0.2, 0.25) is 11.7 Å². The molecule has 1 aliphatic carbocycles. The Morgan fingerprint density at radius 2 is 1.41 bits per heavy atom. The number of Topliss-reactive ketones (excluding diaryl/α,β-unsaturated/α-hetero) is 3. The average molecular weight is 1800 g/mol. The number of nitrogen functional groups attached to an aromatic ring is 2. The summed E-state index contributed by atoms with van der Waals surface area (Å²) in [4.78, 5) is 104. The molecule has 2 bridgehead atoms. The second-order valence-corrected chi connectivity index (χ2v) is 33.9. The Hall–Kier alpha value is -8.12. The molecule has 16 atom stereocenters. The van der Waals surface area contributed by atoms with E-state index in [0.717, 1.165) is 47.4 Å². The molecule has 712 valence electrons. The molecule has 8 N–H and O–H groups in total. The lowest BCUT2D eigenvalue weighted by Crippen LogP contribution is -2.63. The highest BCUT2D eigenvalue weighted by Gasteiger charge is 2.57. The third-order valence-corrected chi connectivity index (χ3v) is 24.1. The van der Waals surface area contributed by atoms with E-state index in [2.05, 4.69) is 30.6 Å². The Kier molecular flexibility index (Phi) is 43.7. The number of fused-ring (bicyclic) bond motifs is 5. The summed E-state index contributed by atoms with van der Waals surface area (Å²) in [5, 5.41) is 47.2. The Balaban J connectivity index is 0.589. The largest absolute Gasteiger partial charge is 0.460 e. The summed E-state index contributed by atoms with van der Waals surface area (Å²) >= 11 is 0. The van der Waals surface area contributed by atoms with E-state index in [1.807, 2.05) is 44.2 Å². The van der Waals surface area contributed by atoms with Gasteiger partial charge in [0.25, 0.3) is 17.7 Å². The summed E-state index contributed by atoms with van der Waals surface area (Å²) in [7, 11) is 4.47. The van der Waals surface area contributed by atoms with Gasteiger partial charge in [-0.25, -0.2) is 19.4 Å². The standard InChI is InChI=1S/C92H139N11O25/c1-60-18-12-11-13-19-61(2)78(114-9)56-91(111)28-26-66(7)92(112,128-91)86(108)88(109)103-30-17-15-21-72(103)89(110)126-76(55-73(104)62(3)51-65(6)84(107)85(115-10)83(106)64(5)50-60)63(4)52-67-22-24-75(77(53-67)113-8)125-49-48-124-58-69-57-102(101-100-69)31-33-117-35-37-119-39-41-121-43-45-123-47-46-122-44-42-120-40-38-118-36-34-116-32-27-79(105)95-29-16-14-20-70-82-80(87(93)97-59-96-82)81(98-70)68-23-25-74-71(54-68)99-90(94)127-74/h11-13,18-19,23,25,51,54,57,59-60,62-64,66-67,70,72,75-78,84-85,107,111-112H,14-17,20-22,24,26-50,52-53,55-56,58H2,1-10H3,(H2,94,99)(H,95,105)(H2,93,96,97)/b13-11?,18-12+,61-19?,65-51+/t60-,62-,63-,64-,66-,67+,70?,72+,75-,76+,77-,78+,84-,85+,91+,92-/m1/s1. The number of aliphatic hydroxyl groups excluding tert-OH is 1. The minimum Gasteiger partial charge on any atom is -0.460 e. The van der Waals surface area contributed by atoms with Crippen molar-refractivity contribution in [2.45, 2.75) is 225 Å². The Labute approximate surface area is 750 Å². The minimum absolute atomic E-state index is 0.00875. The summed E-state index contributed by atoms with van der Waals surface area (Å²) in [6.45, 7) is 20.6. The highest BCUT2D eigenvalue weighted by molar-refractivity contribution is 6.39. The van der Waals surface area contributed by atoms with Gasteiger partial charge in [-0.1, -0.05) is 76.3 Å². The van der Waals surface area contributed by atoms with Crippen molar-refractivity contribution in [3.8, 4) is 0 Å². The van der Waals surface area contributed by atoms with E-state index in [1.54, 1.807) is 76.9 Å². The first-order valence-electron chi connectivity index (χ1n) is 45.3. The lowest BCUT2D eigenvalue weighted by molar-refractivity contribution is -0.360. The second-order valence-electron chi connectivity index (χ2n) is 33.9. The SMILES string of the molecule is CO[C@H]1C[C@]2(O)CC[C@@H](C)[C@@](O)(O2)C(=O)C(=O)N2CCCC[C@H]2C(=O)O[C@H]([C@H](C)C[C@@H]2CC[C@@H](OCCOCc3cn(CCOCCOCCOCCOCCOCCOCCOCCOCCC(=O)NCCCCC4N=C(c5ccc6oc(N)nc6c5)c5c(N)ncnc54)nn3)[C@H](OC)C2)CC(=O)[C@H](C)/C=C(\C)[C@@H](O)[C@@H](OC)C(=O)[C@H](C)C[C@H](C)/C=C/C=CC=C1C. The van der Waals surface area contributed by atoms with Crippen LogP contribution in [0.2, 0.25) is 0 Å². The number of carbonyl (C=O) groups is 6. The summed E-state index contributed by atoms with van der Waals surface area (Å²) < 4.78 is 94.2. The summed E-state index contributed by atoms with van der Waals surface area (Å²) in [6.07, 6.45) is 15.6. The van der Waals surface area contributed by atoms with Crippen molar-refractivity contribution in [1.82, 2.24) is 40.2 Å². The Morgan fingerprint density at radius 3 is 2.08 bits per heavy atom. The molecule has 3 aromatic heterocycles. The van der Waals surface area contributed by atoms with E-state index >= 15 is 0 Å². The molecular formula is C92H139N11O25. The number of oxazole rings is 1. The molecule has 2 saturated heterocycles. The zero-order valence-electron chi connectivity index (χ0n) is 76.4. The predicted octanol–water partition coefficient (Wildman–Crippen LogP) is 7.83. The number of aliphatic hydroxyl groups is 3. The van der Waals surface area contributed by atoms with Crippen LogP contribution in [0.3, 0.4) is 0 Å². The molecule has 36 nitrogen and oxygen atoms in total. The molecule has 4 aromatic rings. The number of methoxy groups -OCH3 is 3. The number of cyclic esters (lactones) is 1. The number of nitrogens with one attached hydrogen (secondary N) is 1. The van der Waals surface area contributed by atoms with Crippen LogP contribution in [0.1, 0.15) is 180 Å². The summed E-state index contributed by atoms with van der Waals surface area (Å²) in [5.74, 6) is -11.1. The molecule has 4 aliphatic heterocycles. The molecule has 1 aromatic carbocycles. The number of ketones is 3. The molecule has 7 heterocycles. The van der Waals surface area contributed by atoms with Crippen LogP contribution in [0.4, 0.5) is 11.8 Å². The van der Waals surface area contributed by atoms with Gasteiger partial charge >= 0.3 is 5.97 Å². The number of hydrogen-bond acceptors (Lipinski definition) is 33. The van der Waals surface area contributed by atoms with Gasteiger partial charge in [-0.15, -0.1) is 5.10 Å². The van der Waals surface area contributed by atoms with Crippen molar-refractivity contribution in [2.24, 2.45) is 40.5 Å². The van der Waals surface area contributed by atoms with Gasteiger partial charge in [0.15, 0.2) is 17.2 Å². The number of carbonyl (C=O) groups excluding carboxylic acids is 6. The number of anilines is 2. The molecule has 1 saturated carbocycles. The Bertz CT molecular complexity index is 4270. The topological polar surface area (TPSA) is 464 Å². The maximum absolute atomic E-state index is 14.8. The average Bonchev–Trinajstić information content (AvgIpc) is 1.18. The number of hydrogen-bond donors (Lipinski definition) is 6. The molecule has 2 amide bonds. The number of nitrogens with two attached hydrogens (primary N) is 2. The number of aromatic nitrogens is 6. The van der Waals surface area contributed by atoms with Crippen molar-refractivity contribution >= 4 is 63.8 Å². The first kappa shape index (κ1) is 104. The van der Waals surface area contributed by atoms with Crippen molar-refractivity contribution in [2.75, 3.05) is 165 Å². The number of rotatable bonds is 45. The van der Waals surface area contributed by atoms with Gasteiger partial charge in [-0.2, -0.15) is 4.98 Å². The molecule has 9 rings (SSSR count). The van der Waals surface area contributed by atoms with Gasteiger partial charge in [0.05, 0.1) is 180 Å². The zero-order chi connectivity index (χ0) is 92.0. The molecule has 0 radical (unpaired) electrons. The number of allylic oxidation sites excluding steroid dienone is 6. The van der Waals surface area contributed by atoms with Gasteiger partial charge in [-0.3, -0.25) is 29.0 Å². The van der Waals surface area contributed by atoms with Crippen LogP contribution >= 0.6 is 0 Å². The van der Waals surface area contributed by atoms with Crippen LogP contribution in [0, 0.1) is 35.5 Å². The number of aliphatic imine (C=N–C) groups is 1. The van der Waals surface area contributed by atoms with Gasteiger partial charge in [0.1, 0.15) is 53.5 Å². The van der Waals surface area contributed by atoms with Crippen LogP contribution in [0.5, 0.6) is 0 Å². The molecule has 1 unspecified atom stereocenters. The van der Waals surface area contributed by atoms with E-state index in [9.17, 15) is 44.1 Å². The van der Waals surface area contributed by atoms with Crippen molar-refractivity contribution in [3.05, 3.63) is 101 Å². The van der Waals surface area contributed by atoms with Gasteiger partial charge < -0.3 is 112 Å². The second kappa shape index (κ2) is 54.0. The number of nitrogens with zero attached hydrogens (tertiary/aromatic N) is 8. The van der Waals surface area contributed by atoms with Crippen molar-refractivity contribution < 1.29 is 120 Å². The van der Waals surface area contributed by atoms with Crippen LogP contribution < -0.4 is 16.8 Å². The maximum atomic E-state index is 14.8. The smallest absolute Gasteiger partial charge is 0.329 e. The fourth-order valence-corrected chi connectivity index (χ4v) is 16.7. The predicted molar refractivity (Wildman–Crippen MR) is 471 cm³/mol. The maximum Gasteiger partial charge on any atom is 0.329 e. The monoisotopic (exact) mass is 1800 g/mol.